The number of aromatic carboxylic acids is 1. The van der Waals surface area contributed by atoms with Gasteiger partial charge in [-0.1, -0.05) is 25.1 Å². The lowest BCUT2D eigenvalue weighted by molar-refractivity contribution is 0.0694. The summed E-state index contributed by atoms with van der Waals surface area (Å²) in [5.41, 5.74) is 2.46. The highest BCUT2D eigenvalue weighted by Crippen LogP contribution is 2.28. The number of pyridine rings is 1. The van der Waals surface area contributed by atoms with E-state index in [1.54, 1.807) is 25.3 Å². The van der Waals surface area contributed by atoms with Gasteiger partial charge < -0.3 is 10.4 Å². The second-order valence-electron chi connectivity index (χ2n) is 7.25. The van der Waals surface area contributed by atoms with E-state index in [9.17, 15) is 14.3 Å². The minimum absolute atomic E-state index is 0.0562. The van der Waals surface area contributed by atoms with Crippen LogP contribution in [0.3, 0.4) is 0 Å². The highest BCUT2D eigenvalue weighted by Gasteiger charge is 2.19. The lowest BCUT2D eigenvalue weighted by atomic mass is 9.96. The molecule has 0 aliphatic carbocycles. The summed E-state index contributed by atoms with van der Waals surface area (Å²) in [6, 6.07) is 6.94. The Morgan fingerprint density at radius 1 is 1.31 bits per heavy atom. The van der Waals surface area contributed by atoms with Crippen molar-refractivity contribution < 1.29 is 14.3 Å². The highest BCUT2D eigenvalue weighted by atomic mass is 19.1. The molecule has 2 N–H and O–H groups in total. The van der Waals surface area contributed by atoms with Crippen LogP contribution in [0.2, 0.25) is 0 Å². The Hall–Kier alpha value is -4.01. The van der Waals surface area contributed by atoms with Gasteiger partial charge in [-0.05, 0) is 31.7 Å². The number of aliphatic imine (C=N–C) groups is 2. The summed E-state index contributed by atoms with van der Waals surface area (Å²) < 4.78 is 14.0. The predicted molar refractivity (Wildman–Crippen MR) is 124 cm³/mol. The number of carbonyl (C=O) groups is 1. The van der Waals surface area contributed by atoms with Crippen LogP contribution in [0.25, 0.3) is 16.5 Å². The molecule has 2 aromatic heterocycles. The van der Waals surface area contributed by atoms with E-state index in [0.29, 0.717) is 29.4 Å². The first kappa shape index (κ1) is 22.7. The lowest BCUT2D eigenvalue weighted by Crippen LogP contribution is -2.12. The summed E-state index contributed by atoms with van der Waals surface area (Å²) in [6.45, 7) is 9.54. The fourth-order valence-electron chi connectivity index (χ4n) is 3.17. The Labute approximate surface area is 184 Å². The second-order valence-corrected chi connectivity index (χ2v) is 7.25. The Morgan fingerprint density at radius 2 is 2.09 bits per heavy atom. The summed E-state index contributed by atoms with van der Waals surface area (Å²) >= 11 is 0. The summed E-state index contributed by atoms with van der Waals surface area (Å²) in [7, 11) is 0. The number of para-hydroxylation sites is 1. The number of nitrogens with zero attached hydrogens (tertiary/aromatic N) is 5. The minimum atomic E-state index is -1.32. The van der Waals surface area contributed by atoms with Crippen LogP contribution in [0.15, 0.2) is 53.0 Å². The molecule has 0 saturated carbocycles. The van der Waals surface area contributed by atoms with Crippen molar-refractivity contribution in [2.24, 2.45) is 9.98 Å². The standard InChI is InChI=1S/C23H23FN6O2/c1-13(16-6-5-7-17-21(23(31)32)18(24)11-28-22(16)17)9-27-20-8-19(29-12-30-20)14(2)10-26-15(3)25-4/h5-8,10-13H,4,9H2,1-3H3,(H,31,32)(H,27,29,30)/b14-10+,26-15?/t13-/m1/s1. The molecule has 0 unspecified atom stereocenters. The van der Waals surface area contributed by atoms with Gasteiger partial charge >= 0.3 is 5.97 Å². The smallest absolute Gasteiger partial charge is 0.339 e. The molecule has 0 bridgehead atoms. The second kappa shape index (κ2) is 9.86. The van der Waals surface area contributed by atoms with Gasteiger partial charge in [0.2, 0.25) is 0 Å². The van der Waals surface area contributed by atoms with Crippen LogP contribution < -0.4 is 5.32 Å². The number of nitrogens with one attached hydrogen (secondary N) is 1. The minimum Gasteiger partial charge on any atom is -0.478 e. The molecule has 3 rings (SSSR count). The fraction of sp³-hybridized carbons (Fsp3) is 0.217. The van der Waals surface area contributed by atoms with Crippen molar-refractivity contribution in [1.29, 1.82) is 0 Å². The first-order valence-corrected chi connectivity index (χ1v) is 9.86. The number of fused-ring (bicyclic) bond motifs is 1. The Balaban J connectivity index is 1.82. The average Bonchev–Trinajstić information content (AvgIpc) is 2.79. The molecule has 0 amide bonds. The molecule has 1 atom stereocenters. The van der Waals surface area contributed by atoms with Crippen LogP contribution in [0.4, 0.5) is 10.2 Å². The molecule has 164 valence electrons. The van der Waals surface area contributed by atoms with Crippen molar-refractivity contribution in [2.45, 2.75) is 26.7 Å². The third-order valence-electron chi connectivity index (χ3n) is 4.96. The number of aromatic nitrogens is 3. The molecule has 3 aromatic rings. The molecule has 9 heteroatoms. The van der Waals surface area contributed by atoms with E-state index in [4.69, 9.17) is 0 Å². The molecule has 32 heavy (non-hydrogen) atoms. The molecule has 8 nitrogen and oxygen atoms in total. The van der Waals surface area contributed by atoms with Crippen molar-refractivity contribution >= 4 is 40.8 Å². The highest BCUT2D eigenvalue weighted by molar-refractivity contribution is 6.03. The average molecular weight is 434 g/mol. The summed E-state index contributed by atoms with van der Waals surface area (Å²) in [4.78, 5) is 32.1. The third-order valence-corrected chi connectivity index (χ3v) is 4.96. The first-order valence-electron chi connectivity index (χ1n) is 9.86. The van der Waals surface area contributed by atoms with Gasteiger partial charge in [0, 0.05) is 30.1 Å². The monoisotopic (exact) mass is 434 g/mol. The van der Waals surface area contributed by atoms with Crippen LogP contribution in [0.1, 0.15) is 48.3 Å². The van der Waals surface area contributed by atoms with Crippen molar-refractivity contribution in [2.75, 3.05) is 11.9 Å². The van der Waals surface area contributed by atoms with Crippen molar-refractivity contribution in [1.82, 2.24) is 15.0 Å². The van der Waals surface area contributed by atoms with E-state index in [0.717, 1.165) is 17.3 Å². The number of carboxylic acids is 1. The van der Waals surface area contributed by atoms with E-state index in [-0.39, 0.29) is 16.9 Å². The number of hydrogen-bond donors (Lipinski definition) is 2. The molecule has 0 radical (unpaired) electrons. The van der Waals surface area contributed by atoms with Gasteiger partial charge in [0.15, 0.2) is 5.82 Å². The fourth-order valence-corrected chi connectivity index (χ4v) is 3.17. The van der Waals surface area contributed by atoms with Gasteiger partial charge in [-0.25, -0.2) is 29.1 Å². The number of halogens is 1. The van der Waals surface area contributed by atoms with E-state index in [2.05, 4.69) is 37.0 Å². The molecular weight excluding hydrogens is 411 g/mol. The van der Waals surface area contributed by atoms with Crippen LogP contribution in [-0.2, 0) is 0 Å². The number of carboxylic acid groups (broad SMARTS) is 1. The maximum absolute atomic E-state index is 14.0. The summed E-state index contributed by atoms with van der Waals surface area (Å²) in [6.07, 6.45) is 4.08. The van der Waals surface area contributed by atoms with E-state index in [1.165, 1.54) is 6.33 Å². The SMILES string of the molecule is C=NC(C)=N/C=C(\C)c1cc(NC[C@@H](C)c2cccc3c(C(=O)O)c(F)cnc23)ncn1. The predicted octanol–water partition coefficient (Wildman–Crippen LogP) is 4.56. The molecule has 0 fully saturated rings. The van der Waals surface area contributed by atoms with Gasteiger partial charge in [0.25, 0.3) is 0 Å². The molecular formula is C23H23FN6O2. The van der Waals surface area contributed by atoms with Gasteiger partial charge in [0.1, 0.15) is 23.5 Å². The van der Waals surface area contributed by atoms with Crippen molar-refractivity contribution in [3.63, 3.8) is 0 Å². The normalized spacial score (nSPS) is 13.1. The summed E-state index contributed by atoms with van der Waals surface area (Å²) in [5.74, 6) is -1.05. The lowest BCUT2D eigenvalue weighted by Gasteiger charge is -2.16. The number of amidine groups is 1. The largest absolute Gasteiger partial charge is 0.478 e. The number of hydrogen-bond acceptors (Lipinski definition) is 6. The maximum atomic E-state index is 14.0. The van der Waals surface area contributed by atoms with Crippen LogP contribution in [0, 0.1) is 5.82 Å². The first-order chi connectivity index (χ1) is 15.3. The van der Waals surface area contributed by atoms with Gasteiger partial charge in [0.05, 0.1) is 17.4 Å². The quantitative estimate of drug-likeness (QED) is 0.416. The number of anilines is 1. The zero-order valence-electron chi connectivity index (χ0n) is 18.0. The van der Waals surface area contributed by atoms with E-state index < -0.39 is 11.8 Å². The van der Waals surface area contributed by atoms with Gasteiger partial charge in [-0.3, -0.25) is 4.98 Å². The maximum Gasteiger partial charge on any atom is 0.339 e. The van der Waals surface area contributed by atoms with E-state index >= 15 is 0 Å². The molecule has 0 aliphatic heterocycles. The molecule has 0 aliphatic rings. The summed E-state index contributed by atoms with van der Waals surface area (Å²) in [5, 5.41) is 12.9. The number of allylic oxidation sites excluding steroid dienone is 1. The zero-order chi connectivity index (χ0) is 23.3. The number of rotatable bonds is 7. The number of benzene rings is 1. The van der Waals surface area contributed by atoms with Gasteiger partial charge in [-0.2, -0.15) is 0 Å². The van der Waals surface area contributed by atoms with Crippen LogP contribution in [-0.4, -0.2) is 45.1 Å². The third kappa shape index (κ3) is 5.00. The van der Waals surface area contributed by atoms with Gasteiger partial charge in [-0.15, -0.1) is 0 Å². The van der Waals surface area contributed by atoms with Crippen LogP contribution >= 0.6 is 0 Å². The van der Waals surface area contributed by atoms with Crippen LogP contribution in [0.5, 0.6) is 0 Å². The van der Waals surface area contributed by atoms with E-state index in [1.807, 2.05) is 26.0 Å². The molecule has 2 heterocycles. The Bertz CT molecular complexity index is 1240. The molecule has 0 saturated heterocycles. The zero-order valence-corrected chi connectivity index (χ0v) is 18.0. The molecule has 0 spiro atoms. The Kier molecular flexibility index (Phi) is 6.99. The topological polar surface area (TPSA) is 113 Å². The van der Waals surface area contributed by atoms with Crippen molar-refractivity contribution in [3.05, 3.63) is 65.6 Å². The Morgan fingerprint density at radius 3 is 2.81 bits per heavy atom. The van der Waals surface area contributed by atoms with Crippen molar-refractivity contribution in [3.8, 4) is 0 Å². The molecule has 1 aromatic carbocycles.